The number of hydrogen-bond acceptors (Lipinski definition) is 3. The van der Waals surface area contributed by atoms with Crippen LogP contribution in [0.1, 0.15) is 32.3 Å². The molecule has 0 saturated heterocycles. The highest BCUT2D eigenvalue weighted by Gasteiger charge is 2.17. The average molecular weight is 259 g/mol. The van der Waals surface area contributed by atoms with Gasteiger partial charge in [0, 0.05) is 17.0 Å². The van der Waals surface area contributed by atoms with E-state index < -0.39 is 0 Å². The molecule has 2 rings (SSSR count). The van der Waals surface area contributed by atoms with Crippen molar-refractivity contribution in [1.82, 2.24) is 14.5 Å². The number of rotatable bonds is 3. The summed E-state index contributed by atoms with van der Waals surface area (Å²) in [6, 6.07) is 2.02. The second kappa shape index (κ2) is 4.68. The predicted molar refractivity (Wildman–Crippen MR) is 76.7 cm³/mol. The van der Waals surface area contributed by atoms with Gasteiger partial charge in [-0.25, -0.2) is 9.97 Å². The van der Waals surface area contributed by atoms with E-state index in [-0.39, 0.29) is 5.41 Å². The smallest absolute Gasteiger partial charge is 0.165 e. The van der Waals surface area contributed by atoms with Crippen molar-refractivity contribution >= 4 is 11.0 Å². The van der Waals surface area contributed by atoms with Crippen LogP contribution in [0, 0.1) is 19.3 Å². The van der Waals surface area contributed by atoms with Crippen LogP contribution < -0.4 is 0 Å². The zero-order chi connectivity index (χ0) is 14.2. The molecule has 4 nitrogen and oxygen atoms in total. The van der Waals surface area contributed by atoms with Crippen LogP contribution >= 0.6 is 0 Å². The third-order valence-corrected chi connectivity index (χ3v) is 3.14. The van der Waals surface area contributed by atoms with Gasteiger partial charge in [-0.3, -0.25) is 4.57 Å². The molecule has 2 aromatic heterocycles. The lowest BCUT2D eigenvalue weighted by molar-refractivity contribution is 0.103. The summed E-state index contributed by atoms with van der Waals surface area (Å²) in [6.07, 6.45) is 1.97. The quantitative estimate of drug-likeness (QED) is 0.791. The van der Waals surface area contributed by atoms with Crippen molar-refractivity contribution in [3.8, 4) is 0 Å². The molecule has 0 radical (unpaired) electrons. The zero-order valence-electron chi connectivity index (χ0n) is 12.3. The van der Waals surface area contributed by atoms with Crippen LogP contribution in [-0.2, 0) is 11.5 Å². The fourth-order valence-corrected chi connectivity index (χ4v) is 1.82. The topological polar surface area (TPSA) is 39.9 Å². The van der Waals surface area contributed by atoms with E-state index in [1.54, 1.807) is 0 Å². The first-order chi connectivity index (χ1) is 8.79. The normalized spacial score (nSPS) is 11.8. The number of allylic oxidation sites excluding steroid dienone is 1. The molecule has 0 aliphatic carbocycles. The van der Waals surface area contributed by atoms with Crippen molar-refractivity contribution in [1.29, 1.82) is 0 Å². The molecule has 0 N–H and O–H groups in total. The number of hydrogen-bond donors (Lipinski definition) is 0. The van der Waals surface area contributed by atoms with Gasteiger partial charge in [-0.15, -0.1) is 0 Å². The molecule has 2 aromatic rings. The minimum atomic E-state index is -0.0518. The number of fused-ring (bicyclic) bond motifs is 1. The second-order valence-electron chi connectivity index (χ2n) is 5.83. The molecule has 102 valence electrons. The molecule has 0 aliphatic rings. The second-order valence-corrected chi connectivity index (χ2v) is 5.83. The molecule has 0 saturated carbocycles. The van der Waals surface area contributed by atoms with Gasteiger partial charge in [-0.1, -0.05) is 27.4 Å². The largest absolute Gasteiger partial charge is 0.477 e. The summed E-state index contributed by atoms with van der Waals surface area (Å²) in [6.45, 7) is 14.5. The van der Waals surface area contributed by atoms with Crippen molar-refractivity contribution in [3.05, 3.63) is 36.1 Å². The van der Waals surface area contributed by atoms with E-state index in [0.717, 1.165) is 28.3 Å². The lowest BCUT2D eigenvalue weighted by Crippen LogP contribution is -2.13. The standard InChI is InChI=1S/C15H21N3O/c1-10-13-7-8-18(14(13)17-12(3)16-10)9-19-11(2)15(4,5)6/h7-8H,2,9H2,1,3-6H3. The first-order valence-corrected chi connectivity index (χ1v) is 6.41. The molecule has 0 bridgehead atoms. The van der Waals surface area contributed by atoms with Crippen LogP contribution in [0.25, 0.3) is 11.0 Å². The summed E-state index contributed by atoms with van der Waals surface area (Å²) >= 11 is 0. The van der Waals surface area contributed by atoms with Crippen LogP contribution in [0.4, 0.5) is 0 Å². The molecule has 0 amide bonds. The maximum atomic E-state index is 5.75. The molecular weight excluding hydrogens is 238 g/mol. The van der Waals surface area contributed by atoms with Crippen LogP contribution in [0.2, 0.25) is 0 Å². The van der Waals surface area contributed by atoms with Crippen molar-refractivity contribution in [3.63, 3.8) is 0 Å². The molecule has 0 aromatic carbocycles. The van der Waals surface area contributed by atoms with E-state index >= 15 is 0 Å². The van der Waals surface area contributed by atoms with Crippen molar-refractivity contribution in [2.75, 3.05) is 0 Å². The summed E-state index contributed by atoms with van der Waals surface area (Å²) < 4.78 is 7.73. The number of nitrogens with zero attached hydrogens (tertiary/aromatic N) is 3. The molecule has 0 fully saturated rings. The summed E-state index contributed by atoms with van der Waals surface area (Å²) in [5.74, 6) is 1.55. The third-order valence-electron chi connectivity index (χ3n) is 3.14. The first kappa shape index (κ1) is 13.6. The Morgan fingerprint density at radius 1 is 1.32 bits per heavy atom. The van der Waals surface area contributed by atoms with Gasteiger partial charge in [-0.2, -0.15) is 0 Å². The Kier molecular flexibility index (Phi) is 3.35. The zero-order valence-corrected chi connectivity index (χ0v) is 12.3. The number of aryl methyl sites for hydroxylation is 2. The highest BCUT2D eigenvalue weighted by Crippen LogP contribution is 2.25. The Balaban J connectivity index is 2.25. The maximum Gasteiger partial charge on any atom is 0.165 e. The van der Waals surface area contributed by atoms with Gasteiger partial charge in [0.1, 0.15) is 11.5 Å². The fourth-order valence-electron chi connectivity index (χ4n) is 1.82. The molecule has 2 heterocycles. The van der Waals surface area contributed by atoms with E-state index in [4.69, 9.17) is 4.74 Å². The Hall–Kier alpha value is -1.84. The highest BCUT2D eigenvalue weighted by molar-refractivity contribution is 5.78. The Bertz CT molecular complexity index is 620. The monoisotopic (exact) mass is 259 g/mol. The predicted octanol–water partition coefficient (Wildman–Crippen LogP) is 3.58. The van der Waals surface area contributed by atoms with Gasteiger partial charge in [-0.05, 0) is 19.9 Å². The van der Waals surface area contributed by atoms with Crippen molar-refractivity contribution < 1.29 is 4.74 Å². The minimum absolute atomic E-state index is 0.0518. The van der Waals surface area contributed by atoms with Gasteiger partial charge in [0.05, 0.1) is 11.5 Å². The van der Waals surface area contributed by atoms with Gasteiger partial charge in [0.15, 0.2) is 6.73 Å². The van der Waals surface area contributed by atoms with Crippen LogP contribution in [0.3, 0.4) is 0 Å². The van der Waals surface area contributed by atoms with Crippen molar-refractivity contribution in [2.24, 2.45) is 5.41 Å². The van der Waals surface area contributed by atoms with E-state index in [1.165, 1.54) is 0 Å². The SMILES string of the molecule is C=C(OCn1ccc2c(C)nc(C)nc21)C(C)(C)C. The lowest BCUT2D eigenvalue weighted by atomic mass is 9.95. The first-order valence-electron chi connectivity index (χ1n) is 6.41. The number of ether oxygens (including phenoxy) is 1. The Morgan fingerprint density at radius 3 is 2.63 bits per heavy atom. The van der Waals surface area contributed by atoms with E-state index in [2.05, 4.69) is 37.3 Å². The summed E-state index contributed by atoms with van der Waals surface area (Å²) in [7, 11) is 0. The highest BCUT2D eigenvalue weighted by atomic mass is 16.5. The maximum absolute atomic E-state index is 5.75. The fraction of sp³-hybridized carbons (Fsp3) is 0.467. The molecular formula is C15H21N3O. The lowest BCUT2D eigenvalue weighted by Gasteiger charge is -2.22. The van der Waals surface area contributed by atoms with Crippen LogP contribution in [0.5, 0.6) is 0 Å². The van der Waals surface area contributed by atoms with Crippen molar-refractivity contribution in [2.45, 2.75) is 41.3 Å². The molecule has 0 atom stereocenters. The minimum Gasteiger partial charge on any atom is -0.477 e. The summed E-state index contributed by atoms with van der Waals surface area (Å²) in [4.78, 5) is 8.85. The number of aromatic nitrogens is 3. The summed E-state index contributed by atoms with van der Waals surface area (Å²) in [5, 5.41) is 1.07. The Labute approximate surface area is 114 Å². The summed E-state index contributed by atoms with van der Waals surface area (Å²) in [5.41, 5.74) is 1.85. The van der Waals surface area contributed by atoms with Gasteiger partial charge < -0.3 is 4.74 Å². The van der Waals surface area contributed by atoms with E-state index in [1.807, 2.05) is 30.7 Å². The van der Waals surface area contributed by atoms with Gasteiger partial charge in [0.2, 0.25) is 0 Å². The Morgan fingerprint density at radius 2 is 2.00 bits per heavy atom. The average Bonchev–Trinajstić information content (AvgIpc) is 2.67. The molecule has 0 unspecified atom stereocenters. The molecule has 0 spiro atoms. The van der Waals surface area contributed by atoms with Gasteiger partial charge in [0.25, 0.3) is 0 Å². The van der Waals surface area contributed by atoms with Gasteiger partial charge >= 0.3 is 0 Å². The van der Waals surface area contributed by atoms with E-state index in [0.29, 0.717) is 6.73 Å². The third kappa shape index (κ3) is 2.78. The molecule has 19 heavy (non-hydrogen) atoms. The van der Waals surface area contributed by atoms with Crippen LogP contribution in [-0.4, -0.2) is 14.5 Å². The van der Waals surface area contributed by atoms with E-state index in [9.17, 15) is 0 Å². The van der Waals surface area contributed by atoms with Crippen LogP contribution in [0.15, 0.2) is 24.6 Å². The molecule has 4 heteroatoms. The molecule has 0 aliphatic heterocycles.